The summed E-state index contributed by atoms with van der Waals surface area (Å²) in [5.74, 6) is 0.0289. The summed E-state index contributed by atoms with van der Waals surface area (Å²) < 4.78 is 10.4. The molecule has 0 amide bonds. The Morgan fingerprint density at radius 3 is 2.69 bits per heavy atom. The van der Waals surface area contributed by atoms with Gasteiger partial charge in [-0.3, -0.25) is 4.79 Å². The zero-order valence-electron chi connectivity index (χ0n) is 8.41. The Labute approximate surface area is 79.4 Å². The van der Waals surface area contributed by atoms with Crippen molar-refractivity contribution in [2.24, 2.45) is 5.92 Å². The molecule has 1 saturated carbocycles. The van der Waals surface area contributed by atoms with Gasteiger partial charge in [0.15, 0.2) is 0 Å². The fourth-order valence-electron chi connectivity index (χ4n) is 1.80. The number of rotatable bonds is 4. The van der Waals surface area contributed by atoms with Gasteiger partial charge in [0, 0.05) is 6.61 Å². The molecular weight excluding hydrogens is 168 g/mol. The van der Waals surface area contributed by atoms with Crippen molar-refractivity contribution >= 4 is 5.97 Å². The van der Waals surface area contributed by atoms with E-state index < -0.39 is 0 Å². The van der Waals surface area contributed by atoms with Crippen LogP contribution in [0.25, 0.3) is 0 Å². The van der Waals surface area contributed by atoms with E-state index in [2.05, 4.69) is 0 Å². The minimum Gasteiger partial charge on any atom is -0.466 e. The van der Waals surface area contributed by atoms with Crippen LogP contribution in [0.3, 0.4) is 0 Å². The van der Waals surface area contributed by atoms with Crippen LogP contribution in [0.15, 0.2) is 0 Å². The Hall–Kier alpha value is -0.570. The van der Waals surface area contributed by atoms with Gasteiger partial charge < -0.3 is 9.47 Å². The van der Waals surface area contributed by atoms with Gasteiger partial charge in [-0.1, -0.05) is 0 Å². The summed E-state index contributed by atoms with van der Waals surface area (Å²) in [4.78, 5) is 11.3. The second kappa shape index (κ2) is 5.22. The molecule has 1 fully saturated rings. The highest BCUT2D eigenvalue weighted by molar-refractivity contribution is 5.72. The Bertz CT molecular complexity index is 168. The van der Waals surface area contributed by atoms with E-state index in [1.54, 1.807) is 0 Å². The van der Waals surface area contributed by atoms with Crippen molar-refractivity contribution in [3.8, 4) is 0 Å². The highest BCUT2D eigenvalue weighted by atomic mass is 16.5. The normalized spacial score (nSPS) is 27.5. The molecule has 2 unspecified atom stereocenters. The summed E-state index contributed by atoms with van der Waals surface area (Å²) in [7, 11) is 0. The molecule has 0 heterocycles. The predicted octanol–water partition coefficient (Wildman–Crippen LogP) is 1.75. The maximum Gasteiger partial charge on any atom is 0.309 e. The monoisotopic (exact) mass is 186 g/mol. The zero-order valence-corrected chi connectivity index (χ0v) is 8.41. The molecule has 0 aliphatic heterocycles. The molecule has 3 heteroatoms. The van der Waals surface area contributed by atoms with Crippen molar-refractivity contribution in [3.05, 3.63) is 0 Å². The third-order valence-electron chi connectivity index (χ3n) is 2.41. The van der Waals surface area contributed by atoms with Gasteiger partial charge in [-0.25, -0.2) is 0 Å². The summed E-state index contributed by atoms with van der Waals surface area (Å²) in [5.41, 5.74) is 0. The number of carbonyl (C=O) groups excluding carboxylic acids is 1. The van der Waals surface area contributed by atoms with Gasteiger partial charge in [0.1, 0.15) is 0 Å². The lowest BCUT2D eigenvalue weighted by Crippen LogP contribution is -2.16. The zero-order chi connectivity index (χ0) is 9.68. The first-order chi connectivity index (χ1) is 6.27. The molecular formula is C10H18O3. The maximum absolute atomic E-state index is 11.3. The lowest BCUT2D eigenvalue weighted by Gasteiger charge is -2.10. The Kier molecular flexibility index (Phi) is 4.22. The topological polar surface area (TPSA) is 35.5 Å². The van der Waals surface area contributed by atoms with Crippen molar-refractivity contribution < 1.29 is 14.3 Å². The molecule has 1 aliphatic carbocycles. The van der Waals surface area contributed by atoms with Crippen LogP contribution >= 0.6 is 0 Å². The summed E-state index contributed by atoms with van der Waals surface area (Å²) in [6.07, 6.45) is 3.03. The molecule has 13 heavy (non-hydrogen) atoms. The molecule has 3 nitrogen and oxygen atoms in total. The fraction of sp³-hybridized carbons (Fsp3) is 0.900. The Morgan fingerprint density at radius 2 is 2.08 bits per heavy atom. The smallest absolute Gasteiger partial charge is 0.309 e. The second-order valence-electron chi connectivity index (χ2n) is 3.34. The first-order valence-corrected chi connectivity index (χ1v) is 5.06. The van der Waals surface area contributed by atoms with E-state index in [9.17, 15) is 4.79 Å². The van der Waals surface area contributed by atoms with Crippen molar-refractivity contribution in [3.63, 3.8) is 0 Å². The number of hydrogen-bond donors (Lipinski definition) is 0. The standard InChI is InChI=1S/C10H18O3/c1-3-12-9-6-5-8(7-9)10(11)13-4-2/h8-9H,3-7H2,1-2H3. The van der Waals surface area contributed by atoms with Crippen LogP contribution in [0.2, 0.25) is 0 Å². The Morgan fingerprint density at radius 1 is 1.31 bits per heavy atom. The quantitative estimate of drug-likeness (QED) is 0.627. The third kappa shape index (κ3) is 2.99. The molecule has 76 valence electrons. The van der Waals surface area contributed by atoms with Gasteiger partial charge in [0.25, 0.3) is 0 Å². The van der Waals surface area contributed by atoms with Crippen LogP contribution < -0.4 is 0 Å². The van der Waals surface area contributed by atoms with Gasteiger partial charge in [0.2, 0.25) is 0 Å². The SMILES string of the molecule is CCOC(=O)C1CCC(OCC)C1. The molecule has 0 aromatic rings. The number of hydrogen-bond acceptors (Lipinski definition) is 3. The molecule has 0 spiro atoms. The van der Waals surface area contributed by atoms with Gasteiger partial charge >= 0.3 is 5.97 Å². The van der Waals surface area contributed by atoms with Crippen LogP contribution in [-0.2, 0) is 14.3 Å². The van der Waals surface area contributed by atoms with Crippen molar-refractivity contribution in [2.45, 2.75) is 39.2 Å². The average Bonchev–Trinajstić information content (AvgIpc) is 2.54. The second-order valence-corrected chi connectivity index (χ2v) is 3.34. The van der Waals surface area contributed by atoms with Crippen LogP contribution in [0.4, 0.5) is 0 Å². The van der Waals surface area contributed by atoms with Crippen LogP contribution in [0.1, 0.15) is 33.1 Å². The first-order valence-electron chi connectivity index (χ1n) is 5.06. The lowest BCUT2D eigenvalue weighted by atomic mass is 10.1. The molecule has 0 aromatic heterocycles. The van der Waals surface area contributed by atoms with E-state index in [4.69, 9.17) is 9.47 Å². The van der Waals surface area contributed by atoms with Gasteiger partial charge in [-0.2, -0.15) is 0 Å². The predicted molar refractivity (Wildman–Crippen MR) is 49.4 cm³/mol. The number of ether oxygens (including phenoxy) is 2. The summed E-state index contributed by atoms with van der Waals surface area (Å²) in [5, 5.41) is 0. The Balaban J connectivity index is 2.27. The molecule has 2 atom stereocenters. The average molecular weight is 186 g/mol. The van der Waals surface area contributed by atoms with Crippen molar-refractivity contribution in [1.82, 2.24) is 0 Å². The lowest BCUT2D eigenvalue weighted by molar-refractivity contribution is -0.148. The minimum atomic E-state index is -0.0512. The van der Waals surface area contributed by atoms with E-state index in [0.29, 0.717) is 6.61 Å². The minimum absolute atomic E-state index is 0.0512. The largest absolute Gasteiger partial charge is 0.466 e. The van der Waals surface area contributed by atoms with Gasteiger partial charge in [-0.15, -0.1) is 0 Å². The molecule has 0 radical (unpaired) electrons. The van der Waals surface area contributed by atoms with Gasteiger partial charge in [-0.05, 0) is 33.1 Å². The highest BCUT2D eigenvalue weighted by Gasteiger charge is 2.30. The summed E-state index contributed by atoms with van der Waals surface area (Å²) in [6.45, 7) is 5.04. The molecule has 1 aliphatic rings. The van der Waals surface area contributed by atoms with E-state index in [0.717, 1.165) is 25.9 Å². The first kappa shape index (κ1) is 10.5. The van der Waals surface area contributed by atoms with Crippen LogP contribution in [0.5, 0.6) is 0 Å². The fourth-order valence-corrected chi connectivity index (χ4v) is 1.80. The van der Waals surface area contributed by atoms with Crippen LogP contribution in [-0.4, -0.2) is 25.3 Å². The van der Waals surface area contributed by atoms with E-state index in [1.807, 2.05) is 13.8 Å². The molecule has 0 saturated heterocycles. The van der Waals surface area contributed by atoms with Crippen molar-refractivity contribution in [2.75, 3.05) is 13.2 Å². The van der Waals surface area contributed by atoms with E-state index >= 15 is 0 Å². The number of esters is 1. The third-order valence-corrected chi connectivity index (χ3v) is 2.41. The van der Waals surface area contributed by atoms with Crippen LogP contribution in [0, 0.1) is 5.92 Å². The molecule has 0 aromatic carbocycles. The van der Waals surface area contributed by atoms with E-state index in [-0.39, 0.29) is 18.0 Å². The summed E-state index contributed by atoms with van der Waals surface area (Å²) in [6, 6.07) is 0. The molecule has 0 bridgehead atoms. The van der Waals surface area contributed by atoms with Gasteiger partial charge in [0.05, 0.1) is 18.6 Å². The molecule has 1 rings (SSSR count). The molecule has 0 N–H and O–H groups in total. The van der Waals surface area contributed by atoms with Crippen molar-refractivity contribution in [1.29, 1.82) is 0 Å². The number of carbonyl (C=O) groups is 1. The highest BCUT2D eigenvalue weighted by Crippen LogP contribution is 2.28. The van der Waals surface area contributed by atoms with E-state index in [1.165, 1.54) is 0 Å². The maximum atomic E-state index is 11.3. The summed E-state index contributed by atoms with van der Waals surface area (Å²) >= 11 is 0.